The fourth-order valence-electron chi connectivity index (χ4n) is 2.57. The Bertz CT molecular complexity index is 986. The molecule has 0 spiro atoms. The van der Waals surface area contributed by atoms with Gasteiger partial charge in [-0.2, -0.15) is 0 Å². The Morgan fingerprint density at radius 1 is 1.22 bits per heavy atom. The third kappa shape index (κ3) is 4.14. The molecule has 3 aromatic rings. The zero-order chi connectivity index (χ0) is 18.8. The summed E-state index contributed by atoms with van der Waals surface area (Å²) < 4.78 is 32.8. The number of thiazole rings is 1. The van der Waals surface area contributed by atoms with Crippen LogP contribution in [-0.2, 0) is 6.61 Å². The highest BCUT2D eigenvalue weighted by Crippen LogP contribution is 2.33. The number of hydrogen-bond acceptors (Lipinski definition) is 4. The number of amides is 1. The third-order valence-corrected chi connectivity index (χ3v) is 5.03. The molecule has 1 aromatic heterocycles. The molecular weight excluding hydrogens is 370 g/mol. The third-order valence-electron chi connectivity index (χ3n) is 4.16. The number of benzene rings is 2. The number of aromatic nitrogens is 1. The molecule has 2 aromatic carbocycles. The molecule has 0 radical (unpaired) electrons. The van der Waals surface area contributed by atoms with Gasteiger partial charge in [-0.25, -0.2) is 13.8 Å². The van der Waals surface area contributed by atoms with E-state index in [1.54, 1.807) is 17.5 Å². The van der Waals surface area contributed by atoms with Crippen molar-refractivity contribution in [1.29, 1.82) is 0 Å². The van der Waals surface area contributed by atoms with Gasteiger partial charge in [0, 0.05) is 17.0 Å². The minimum Gasteiger partial charge on any atom is -0.488 e. The Balaban J connectivity index is 1.53. The number of halogens is 2. The number of para-hydroxylation sites is 1. The Morgan fingerprint density at radius 3 is 2.85 bits per heavy atom. The highest BCUT2D eigenvalue weighted by atomic mass is 32.1. The van der Waals surface area contributed by atoms with Crippen molar-refractivity contribution < 1.29 is 18.3 Å². The van der Waals surface area contributed by atoms with Gasteiger partial charge in [0.2, 0.25) is 0 Å². The zero-order valence-electron chi connectivity index (χ0n) is 14.2. The van der Waals surface area contributed by atoms with E-state index in [-0.39, 0.29) is 24.1 Å². The van der Waals surface area contributed by atoms with Crippen molar-refractivity contribution in [2.75, 3.05) is 0 Å². The summed E-state index contributed by atoms with van der Waals surface area (Å²) in [4.78, 5) is 16.5. The molecule has 0 aliphatic heterocycles. The summed E-state index contributed by atoms with van der Waals surface area (Å²) in [6, 6.07) is 10.7. The lowest BCUT2D eigenvalue weighted by molar-refractivity contribution is 0.0947. The molecular formula is C20H16F2N2O2S. The van der Waals surface area contributed by atoms with Crippen LogP contribution in [0.4, 0.5) is 8.78 Å². The molecule has 1 N–H and O–H groups in total. The summed E-state index contributed by atoms with van der Waals surface area (Å²) in [5.74, 6) is -0.735. The lowest BCUT2D eigenvalue weighted by Gasteiger charge is -2.10. The van der Waals surface area contributed by atoms with E-state index in [9.17, 15) is 13.6 Å². The van der Waals surface area contributed by atoms with Crippen LogP contribution in [0.2, 0.25) is 0 Å². The van der Waals surface area contributed by atoms with Crippen molar-refractivity contribution in [3.63, 3.8) is 0 Å². The Morgan fingerprint density at radius 2 is 2.04 bits per heavy atom. The Kier molecular flexibility index (Phi) is 4.85. The van der Waals surface area contributed by atoms with Crippen molar-refractivity contribution in [3.05, 3.63) is 70.7 Å². The van der Waals surface area contributed by atoms with Crippen LogP contribution in [0.25, 0.3) is 10.6 Å². The van der Waals surface area contributed by atoms with Crippen molar-refractivity contribution in [2.45, 2.75) is 25.5 Å². The summed E-state index contributed by atoms with van der Waals surface area (Å²) in [6.45, 7) is -0.110. The monoisotopic (exact) mass is 386 g/mol. The molecule has 1 fully saturated rings. The van der Waals surface area contributed by atoms with Gasteiger partial charge in [-0.1, -0.05) is 12.1 Å². The predicted molar refractivity (Wildman–Crippen MR) is 98.7 cm³/mol. The number of nitrogens with one attached hydrogen (secondary N) is 1. The molecule has 27 heavy (non-hydrogen) atoms. The summed E-state index contributed by atoms with van der Waals surface area (Å²) in [6.07, 6.45) is 2.02. The number of carbonyl (C=O) groups is 1. The first-order valence-corrected chi connectivity index (χ1v) is 9.40. The second-order valence-corrected chi connectivity index (χ2v) is 7.16. The van der Waals surface area contributed by atoms with Crippen LogP contribution < -0.4 is 10.1 Å². The fraction of sp³-hybridized carbons (Fsp3) is 0.200. The minimum absolute atomic E-state index is 0.110. The van der Waals surface area contributed by atoms with Crippen molar-refractivity contribution >= 4 is 17.2 Å². The quantitative estimate of drug-likeness (QED) is 0.676. The second kappa shape index (κ2) is 7.44. The molecule has 0 bridgehead atoms. The molecule has 0 unspecified atom stereocenters. The van der Waals surface area contributed by atoms with Gasteiger partial charge in [0.15, 0.2) is 0 Å². The van der Waals surface area contributed by atoms with Crippen LogP contribution in [0.15, 0.2) is 47.8 Å². The molecule has 1 heterocycles. The lowest BCUT2D eigenvalue weighted by atomic mass is 10.2. The Labute approximate surface area is 158 Å². The van der Waals surface area contributed by atoms with Crippen LogP contribution in [0.5, 0.6) is 5.75 Å². The van der Waals surface area contributed by atoms with E-state index >= 15 is 0 Å². The topological polar surface area (TPSA) is 51.2 Å². The summed E-state index contributed by atoms with van der Waals surface area (Å²) in [7, 11) is 0. The maximum absolute atomic E-state index is 13.8. The smallest absolute Gasteiger partial charge is 0.270 e. The van der Waals surface area contributed by atoms with Gasteiger partial charge in [0.1, 0.15) is 34.7 Å². The predicted octanol–water partition coefficient (Wildman–Crippen LogP) is 4.56. The number of rotatable bonds is 6. The van der Waals surface area contributed by atoms with Gasteiger partial charge >= 0.3 is 0 Å². The molecule has 0 saturated heterocycles. The molecule has 138 valence electrons. The standard InChI is InChI=1S/C20H16F2N2O2S/c21-13-5-8-16(22)12(9-13)10-26-18-4-2-1-3-15(18)20-24-17(11-27-20)19(25)23-14-6-7-14/h1-5,8-9,11,14H,6-7,10H2,(H,23,25). The molecule has 7 heteroatoms. The fourth-order valence-corrected chi connectivity index (χ4v) is 3.40. The average molecular weight is 386 g/mol. The lowest BCUT2D eigenvalue weighted by Crippen LogP contribution is -2.25. The van der Waals surface area contributed by atoms with E-state index in [0.29, 0.717) is 22.0 Å². The molecule has 4 nitrogen and oxygen atoms in total. The molecule has 1 amide bonds. The summed E-state index contributed by atoms with van der Waals surface area (Å²) in [5.41, 5.74) is 1.20. The van der Waals surface area contributed by atoms with Gasteiger partial charge in [-0.3, -0.25) is 4.79 Å². The number of nitrogens with zero attached hydrogens (tertiary/aromatic N) is 1. The van der Waals surface area contributed by atoms with E-state index < -0.39 is 11.6 Å². The highest BCUT2D eigenvalue weighted by molar-refractivity contribution is 7.13. The van der Waals surface area contributed by atoms with E-state index in [4.69, 9.17) is 4.74 Å². The first-order valence-electron chi connectivity index (χ1n) is 8.52. The van der Waals surface area contributed by atoms with E-state index in [1.807, 2.05) is 12.1 Å². The van der Waals surface area contributed by atoms with Crippen molar-refractivity contribution in [2.24, 2.45) is 0 Å². The van der Waals surface area contributed by atoms with Crippen molar-refractivity contribution in [1.82, 2.24) is 10.3 Å². The van der Waals surface area contributed by atoms with Gasteiger partial charge < -0.3 is 10.1 Å². The Hall–Kier alpha value is -2.80. The van der Waals surface area contributed by atoms with E-state index in [2.05, 4.69) is 10.3 Å². The minimum atomic E-state index is -0.526. The van der Waals surface area contributed by atoms with Crippen LogP contribution >= 0.6 is 11.3 Å². The maximum Gasteiger partial charge on any atom is 0.270 e. The average Bonchev–Trinajstić information content (AvgIpc) is 3.34. The first-order chi connectivity index (χ1) is 13.1. The molecule has 4 rings (SSSR count). The van der Waals surface area contributed by atoms with Crippen LogP contribution in [0.3, 0.4) is 0 Å². The SMILES string of the molecule is O=C(NC1CC1)c1csc(-c2ccccc2OCc2cc(F)ccc2F)n1. The van der Waals surface area contributed by atoms with Gasteiger partial charge in [0.05, 0.1) is 5.56 Å². The highest BCUT2D eigenvalue weighted by Gasteiger charge is 2.25. The van der Waals surface area contributed by atoms with Crippen LogP contribution in [-0.4, -0.2) is 16.9 Å². The molecule has 0 atom stereocenters. The number of carbonyl (C=O) groups excluding carboxylic acids is 1. The zero-order valence-corrected chi connectivity index (χ0v) is 15.1. The maximum atomic E-state index is 13.8. The van der Waals surface area contributed by atoms with Crippen LogP contribution in [0.1, 0.15) is 28.9 Å². The van der Waals surface area contributed by atoms with Crippen LogP contribution in [0, 0.1) is 11.6 Å². The number of hydrogen-bond donors (Lipinski definition) is 1. The molecule has 1 aliphatic carbocycles. The van der Waals surface area contributed by atoms with E-state index in [0.717, 1.165) is 31.0 Å². The molecule has 1 aliphatic rings. The van der Waals surface area contributed by atoms with E-state index in [1.165, 1.54) is 11.3 Å². The normalized spacial score (nSPS) is 13.4. The van der Waals surface area contributed by atoms with Crippen molar-refractivity contribution in [3.8, 4) is 16.3 Å². The first kappa shape index (κ1) is 17.6. The number of ether oxygens (including phenoxy) is 1. The second-order valence-electron chi connectivity index (χ2n) is 6.31. The van der Waals surface area contributed by atoms with Gasteiger partial charge in [-0.05, 0) is 43.2 Å². The van der Waals surface area contributed by atoms with Gasteiger partial charge in [0.25, 0.3) is 5.91 Å². The summed E-state index contributed by atoms with van der Waals surface area (Å²) in [5, 5.41) is 5.24. The summed E-state index contributed by atoms with van der Waals surface area (Å²) >= 11 is 1.33. The largest absolute Gasteiger partial charge is 0.488 e. The molecule has 1 saturated carbocycles. The van der Waals surface area contributed by atoms with Gasteiger partial charge in [-0.15, -0.1) is 11.3 Å².